The van der Waals surface area contributed by atoms with Crippen molar-refractivity contribution < 1.29 is 14.3 Å². The molecule has 1 aliphatic rings. The molecule has 1 aromatic heterocycles. The molecule has 1 unspecified atom stereocenters. The third-order valence-electron chi connectivity index (χ3n) is 5.12. The molecule has 1 fully saturated rings. The number of thiazole rings is 1. The Morgan fingerprint density at radius 2 is 2.03 bits per heavy atom. The van der Waals surface area contributed by atoms with Crippen LogP contribution in [0.2, 0.25) is 5.02 Å². The lowest BCUT2D eigenvalue weighted by Gasteiger charge is -2.33. The van der Waals surface area contributed by atoms with Crippen molar-refractivity contribution in [1.29, 1.82) is 0 Å². The minimum atomic E-state index is -0.0516. The molecule has 0 saturated carbocycles. The Kier molecular flexibility index (Phi) is 8.12. The van der Waals surface area contributed by atoms with E-state index in [1.54, 1.807) is 12.1 Å². The van der Waals surface area contributed by atoms with E-state index in [1.165, 1.54) is 16.9 Å². The summed E-state index contributed by atoms with van der Waals surface area (Å²) in [6.07, 6.45) is 0.243. The van der Waals surface area contributed by atoms with E-state index in [9.17, 15) is 4.79 Å². The van der Waals surface area contributed by atoms with Gasteiger partial charge < -0.3 is 14.8 Å². The summed E-state index contributed by atoms with van der Waals surface area (Å²) in [5, 5.41) is 6.39. The highest BCUT2D eigenvalue weighted by Gasteiger charge is 2.21. The highest BCUT2D eigenvalue weighted by atomic mass is 35.5. The van der Waals surface area contributed by atoms with Crippen molar-refractivity contribution in [3.63, 3.8) is 0 Å². The van der Waals surface area contributed by atoms with Crippen LogP contribution in [0.3, 0.4) is 0 Å². The fourth-order valence-electron chi connectivity index (χ4n) is 3.52. The Balaban J connectivity index is 1.18. The minimum Gasteiger partial charge on any atom is -0.486 e. The van der Waals surface area contributed by atoms with Gasteiger partial charge in [0.25, 0.3) is 0 Å². The van der Waals surface area contributed by atoms with Crippen LogP contribution < -0.4 is 10.1 Å². The predicted molar refractivity (Wildman–Crippen MR) is 126 cm³/mol. The first kappa shape index (κ1) is 22.7. The molecule has 0 radical (unpaired) electrons. The number of hydrogen-bond donors (Lipinski definition) is 1. The van der Waals surface area contributed by atoms with Gasteiger partial charge in [0.2, 0.25) is 5.91 Å². The SMILES string of the molecule is O=C(Cc1csc(COc2ccc(Cl)cc2)n1)NCC1CN(Cc2ccccc2)CCO1. The zero-order valence-electron chi connectivity index (χ0n) is 17.7. The van der Waals surface area contributed by atoms with Crippen molar-refractivity contribution in [3.05, 3.63) is 81.3 Å². The van der Waals surface area contributed by atoms with Crippen molar-refractivity contribution in [2.45, 2.75) is 25.7 Å². The van der Waals surface area contributed by atoms with E-state index in [-0.39, 0.29) is 18.4 Å². The van der Waals surface area contributed by atoms with Crippen LogP contribution in [0, 0.1) is 0 Å². The van der Waals surface area contributed by atoms with Crippen molar-refractivity contribution >= 4 is 28.8 Å². The summed E-state index contributed by atoms with van der Waals surface area (Å²) in [6, 6.07) is 17.6. The lowest BCUT2D eigenvalue weighted by atomic mass is 10.2. The molecule has 3 aromatic rings. The average molecular weight is 472 g/mol. The number of hydrogen-bond acceptors (Lipinski definition) is 6. The molecule has 0 bridgehead atoms. The second-order valence-electron chi connectivity index (χ2n) is 7.67. The summed E-state index contributed by atoms with van der Waals surface area (Å²) in [5.74, 6) is 0.682. The Labute approximate surface area is 197 Å². The van der Waals surface area contributed by atoms with Crippen LogP contribution in [0.5, 0.6) is 5.75 Å². The molecule has 1 N–H and O–H groups in total. The largest absolute Gasteiger partial charge is 0.486 e. The van der Waals surface area contributed by atoms with Gasteiger partial charge in [0.05, 0.1) is 24.8 Å². The monoisotopic (exact) mass is 471 g/mol. The van der Waals surface area contributed by atoms with E-state index in [4.69, 9.17) is 21.1 Å². The smallest absolute Gasteiger partial charge is 0.226 e. The highest BCUT2D eigenvalue weighted by molar-refractivity contribution is 7.09. The molecular formula is C24H26ClN3O3S. The second-order valence-corrected chi connectivity index (χ2v) is 9.05. The maximum Gasteiger partial charge on any atom is 0.226 e. The fraction of sp³-hybridized carbons (Fsp3) is 0.333. The van der Waals surface area contributed by atoms with Gasteiger partial charge in [0.15, 0.2) is 0 Å². The quantitative estimate of drug-likeness (QED) is 0.512. The molecule has 0 spiro atoms. The van der Waals surface area contributed by atoms with E-state index in [0.717, 1.165) is 36.1 Å². The van der Waals surface area contributed by atoms with Gasteiger partial charge in [-0.3, -0.25) is 9.69 Å². The molecule has 1 atom stereocenters. The summed E-state index contributed by atoms with van der Waals surface area (Å²) in [4.78, 5) is 19.3. The molecule has 1 amide bonds. The number of rotatable bonds is 9. The minimum absolute atomic E-state index is 0.00446. The first-order chi connectivity index (χ1) is 15.6. The van der Waals surface area contributed by atoms with Crippen molar-refractivity contribution in [2.75, 3.05) is 26.2 Å². The lowest BCUT2D eigenvalue weighted by molar-refractivity contribution is -0.121. The van der Waals surface area contributed by atoms with Crippen LogP contribution in [0.4, 0.5) is 0 Å². The number of amides is 1. The van der Waals surface area contributed by atoms with Crippen molar-refractivity contribution in [3.8, 4) is 5.75 Å². The molecule has 32 heavy (non-hydrogen) atoms. The fourth-order valence-corrected chi connectivity index (χ4v) is 4.35. The summed E-state index contributed by atoms with van der Waals surface area (Å²) < 4.78 is 11.5. The first-order valence-electron chi connectivity index (χ1n) is 10.6. The Morgan fingerprint density at radius 3 is 2.84 bits per heavy atom. The van der Waals surface area contributed by atoms with E-state index in [0.29, 0.717) is 24.8 Å². The van der Waals surface area contributed by atoms with E-state index in [1.807, 2.05) is 23.6 Å². The second kappa shape index (κ2) is 11.4. The molecule has 2 heterocycles. The van der Waals surface area contributed by atoms with Crippen LogP contribution in [0.1, 0.15) is 16.3 Å². The molecule has 1 saturated heterocycles. The Bertz CT molecular complexity index is 997. The van der Waals surface area contributed by atoms with Crippen LogP contribution >= 0.6 is 22.9 Å². The van der Waals surface area contributed by atoms with Gasteiger partial charge in [-0.15, -0.1) is 11.3 Å². The van der Waals surface area contributed by atoms with E-state index >= 15 is 0 Å². The maximum atomic E-state index is 12.4. The molecule has 6 nitrogen and oxygen atoms in total. The number of carbonyl (C=O) groups excluding carboxylic acids is 1. The molecule has 2 aromatic carbocycles. The van der Waals surface area contributed by atoms with Crippen LogP contribution in [-0.2, 0) is 29.1 Å². The van der Waals surface area contributed by atoms with Gasteiger partial charge in [0.1, 0.15) is 17.4 Å². The van der Waals surface area contributed by atoms with Gasteiger partial charge in [-0.2, -0.15) is 0 Å². The number of halogens is 1. The lowest BCUT2D eigenvalue weighted by Crippen LogP contribution is -2.47. The first-order valence-corrected chi connectivity index (χ1v) is 11.9. The normalized spacial score (nSPS) is 16.6. The number of benzene rings is 2. The number of ether oxygens (including phenoxy) is 2. The summed E-state index contributed by atoms with van der Waals surface area (Å²) in [5.41, 5.74) is 2.04. The molecule has 8 heteroatoms. The molecule has 1 aliphatic heterocycles. The number of morpholine rings is 1. The van der Waals surface area contributed by atoms with E-state index in [2.05, 4.69) is 39.5 Å². The van der Waals surface area contributed by atoms with Crippen molar-refractivity contribution in [2.24, 2.45) is 0 Å². The molecule has 0 aliphatic carbocycles. The Morgan fingerprint density at radius 1 is 1.22 bits per heavy atom. The summed E-state index contributed by atoms with van der Waals surface area (Å²) in [6.45, 7) is 4.14. The molecule has 4 rings (SSSR count). The topological polar surface area (TPSA) is 63.7 Å². The van der Waals surface area contributed by atoms with Gasteiger partial charge in [-0.1, -0.05) is 41.9 Å². The predicted octanol–water partition coefficient (Wildman–Crippen LogP) is 3.94. The third kappa shape index (κ3) is 7.03. The van der Waals surface area contributed by atoms with Crippen LogP contribution in [0.25, 0.3) is 0 Å². The van der Waals surface area contributed by atoms with Gasteiger partial charge in [0, 0.05) is 36.6 Å². The number of aromatic nitrogens is 1. The average Bonchev–Trinajstić information content (AvgIpc) is 3.25. The molecule has 168 valence electrons. The standard InChI is InChI=1S/C24H26ClN3O3S/c25-19-6-8-21(9-7-19)31-16-24-27-20(17-32-24)12-23(29)26-13-22-15-28(10-11-30-22)14-18-4-2-1-3-5-18/h1-9,17,22H,10-16H2,(H,26,29). The highest BCUT2D eigenvalue weighted by Crippen LogP contribution is 2.18. The van der Waals surface area contributed by atoms with E-state index < -0.39 is 0 Å². The number of carbonyl (C=O) groups is 1. The van der Waals surface area contributed by atoms with Crippen LogP contribution in [0.15, 0.2) is 60.0 Å². The number of nitrogens with zero attached hydrogens (tertiary/aromatic N) is 2. The van der Waals surface area contributed by atoms with Gasteiger partial charge in [-0.05, 0) is 29.8 Å². The summed E-state index contributed by atoms with van der Waals surface area (Å²) >= 11 is 7.37. The van der Waals surface area contributed by atoms with Crippen LogP contribution in [-0.4, -0.2) is 48.1 Å². The molecular weight excluding hydrogens is 446 g/mol. The van der Waals surface area contributed by atoms with Gasteiger partial charge >= 0.3 is 0 Å². The van der Waals surface area contributed by atoms with Gasteiger partial charge in [-0.25, -0.2) is 4.98 Å². The zero-order valence-corrected chi connectivity index (χ0v) is 19.3. The number of nitrogens with one attached hydrogen (secondary N) is 1. The third-order valence-corrected chi connectivity index (χ3v) is 6.24. The summed E-state index contributed by atoms with van der Waals surface area (Å²) in [7, 11) is 0. The Hall–Kier alpha value is -2.45. The maximum absolute atomic E-state index is 12.4. The van der Waals surface area contributed by atoms with Crippen molar-refractivity contribution in [1.82, 2.24) is 15.2 Å². The zero-order chi connectivity index (χ0) is 22.2.